The summed E-state index contributed by atoms with van der Waals surface area (Å²) in [5, 5.41) is 3.18. The minimum absolute atomic E-state index is 0.110. The van der Waals surface area contributed by atoms with Crippen LogP contribution in [0.25, 0.3) is 0 Å². The number of hydrogen-bond donors (Lipinski definition) is 1. The van der Waals surface area contributed by atoms with Crippen molar-refractivity contribution >= 4 is 29.1 Å². The van der Waals surface area contributed by atoms with Crippen LogP contribution < -0.4 is 14.8 Å². The van der Waals surface area contributed by atoms with Crippen LogP contribution >= 0.6 is 11.6 Å². The summed E-state index contributed by atoms with van der Waals surface area (Å²) in [5.41, 5.74) is 1.35. The number of para-hydroxylation sites is 1. The number of rotatable bonds is 7. The third-order valence-electron chi connectivity index (χ3n) is 4.29. The van der Waals surface area contributed by atoms with Crippen LogP contribution in [-0.2, 0) is 15.0 Å². The van der Waals surface area contributed by atoms with Crippen LogP contribution in [0.2, 0.25) is 5.02 Å². The number of amides is 2. The Bertz CT molecular complexity index is 877. The lowest BCUT2D eigenvalue weighted by molar-refractivity contribution is -0.135. The molecule has 29 heavy (non-hydrogen) atoms. The average molecular weight is 419 g/mol. The van der Waals surface area contributed by atoms with Crippen molar-refractivity contribution in [3.63, 3.8) is 0 Å². The molecule has 2 rings (SSSR count). The molecule has 0 bridgehead atoms. The molecule has 0 aromatic heterocycles. The number of carbonyl (C=O) groups is 2. The smallest absolute Gasteiger partial charge is 0.260 e. The Labute approximate surface area is 176 Å². The van der Waals surface area contributed by atoms with Crippen molar-refractivity contribution in [3.8, 4) is 11.5 Å². The third kappa shape index (κ3) is 6.39. The third-order valence-corrected chi connectivity index (χ3v) is 4.52. The molecule has 2 aromatic rings. The van der Waals surface area contributed by atoms with Crippen molar-refractivity contribution in [1.82, 2.24) is 4.90 Å². The highest BCUT2D eigenvalue weighted by Crippen LogP contribution is 2.31. The average Bonchev–Trinajstić information content (AvgIpc) is 2.65. The molecule has 0 heterocycles. The predicted molar refractivity (Wildman–Crippen MR) is 115 cm³/mol. The maximum absolute atomic E-state index is 12.4. The fourth-order valence-corrected chi connectivity index (χ4v) is 2.91. The fourth-order valence-electron chi connectivity index (χ4n) is 2.73. The summed E-state index contributed by atoms with van der Waals surface area (Å²) in [6.07, 6.45) is 0. The summed E-state index contributed by atoms with van der Waals surface area (Å²) in [6.45, 7) is 5.96. The van der Waals surface area contributed by atoms with Gasteiger partial charge in [-0.15, -0.1) is 0 Å². The number of carbonyl (C=O) groups excluding carboxylic acids is 2. The van der Waals surface area contributed by atoms with Gasteiger partial charge < -0.3 is 19.7 Å². The number of methoxy groups -OCH3 is 1. The Balaban J connectivity index is 1.95. The zero-order chi connectivity index (χ0) is 21.6. The highest BCUT2D eigenvalue weighted by molar-refractivity contribution is 6.31. The maximum Gasteiger partial charge on any atom is 0.260 e. The number of halogens is 1. The largest absolute Gasteiger partial charge is 0.495 e. The first-order chi connectivity index (χ1) is 13.6. The van der Waals surface area contributed by atoms with Crippen LogP contribution in [0.15, 0.2) is 42.5 Å². The van der Waals surface area contributed by atoms with E-state index in [1.165, 1.54) is 12.0 Å². The van der Waals surface area contributed by atoms with Gasteiger partial charge in [-0.3, -0.25) is 9.59 Å². The van der Waals surface area contributed by atoms with Gasteiger partial charge in [0.2, 0.25) is 5.91 Å². The van der Waals surface area contributed by atoms with E-state index in [4.69, 9.17) is 21.1 Å². The van der Waals surface area contributed by atoms with Gasteiger partial charge in [-0.2, -0.15) is 0 Å². The molecule has 2 aromatic carbocycles. The summed E-state index contributed by atoms with van der Waals surface area (Å²) >= 11 is 5.97. The van der Waals surface area contributed by atoms with Gasteiger partial charge >= 0.3 is 0 Å². The van der Waals surface area contributed by atoms with E-state index < -0.39 is 0 Å². The standard InChI is InChI=1S/C22H27ClN2O4/c1-22(2,3)16-8-6-7-9-18(16)29-14-21(27)25(4)13-20(26)24-17-12-15(23)10-11-19(17)28-5/h6-12H,13-14H2,1-5H3,(H,24,26). The molecule has 0 aliphatic heterocycles. The van der Waals surface area contributed by atoms with Gasteiger partial charge in [0.25, 0.3) is 5.91 Å². The first-order valence-corrected chi connectivity index (χ1v) is 9.59. The van der Waals surface area contributed by atoms with Crippen LogP contribution in [0.4, 0.5) is 5.69 Å². The van der Waals surface area contributed by atoms with E-state index in [0.717, 1.165) is 5.56 Å². The molecule has 6 nitrogen and oxygen atoms in total. The van der Waals surface area contributed by atoms with Crippen LogP contribution in [0.3, 0.4) is 0 Å². The molecule has 0 spiro atoms. The number of anilines is 1. The molecule has 0 unspecified atom stereocenters. The van der Waals surface area contributed by atoms with Crippen molar-refractivity contribution in [2.45, 2.75) is 26.2 Å². The lowest BCUT2D eigenvalue weighted by Crippen LogP contribution is -2.37. The van der Waals surface area contributed by atoms with Gasteiger partial charge in [0.1, 0.15) is 11.5 Å². The molecule has 0 aliphatic carbocycles. The number of nitrogens with zero attached hydrogens (tertiary/aromatic N) is 1. The van der Waals surface area contributed by atoms with Crippen molar-refractivity contribution in [2.75, 3.05) is 32.6 Å². The highest BCUT2D eigenvalue weighted by atomic mass is 35.5. The van der Waals surface area contributed by atoms with Crippen molar-refractivity contribution in [2.24, 2.45) is 0 Å². The predicted octanol–water partition coefficient (Wildman–Crippen LogP) is 4.12. The summed E-state index contributed by atoms with van der Waals surface area (Å²) in [5.74, 6) is 0.479. The number of hydrogen-bond acceptors (Lipinski definition) is 4. The van der Waals surface area contributed by atoms with Gasteiger partial charge in [-0.1, -0.05) is 50.6 Å². The topological polar surface area (TPSA) is 67.9 Å². The van der Waals surface area contributed by atoms with E-state index >= 15 is 0 Å². The first kappa shape index (κ1) is 22.6. The number of likely N-dealkylation sites (N-methyl/N-ethyl adjacent to an activating group) is 1. The minimum atomic E-state index is -0.364. The Morgan fingerprint density at radius 1 is 1.10 bits per heavy atom. The van der Waals surface area contributed by atoms with Gasteiger partial charge in [0.15, 0.2) is 6.61 Å². The molecule has 0 aliphatic rings. The molecule has 156 valence electrons. The SMILES string of the molecule is COc1ccc(Cl)cc1NC(=O)CN(C)C(=O)COc1ccccc1C(C)(C)C. The normalized spacial score (nSPS) is 11.0. The lowest BCUT2D eigenvalue weighted by atomic mass is 9.86. The highest BCUT2D eigenvalue weighted by Gasteiger charge is 2.20. The minimum Gasteiger partial charge on any atom is -0.495 e. The number of ether oxygens (including phenoxy) is 2. The number of benzene rings is 2. The lowest BCUT2D eigenvalue weighted by Gasteiger charge is -2.23. The van der Waals surface area contributed by atoms with E-state index in [0.29, 0.717) is 22.2 Å². The Morgan fingerprint density at radius 3 is 2.45 bits per heavy atom. The van der Waals surface area contributed by atoms with Gasteiger partial charge in [-0.25, -0.2) is 0 Å². The quantitative estimate of drug-likeness (QED) is 0.734. The molecular weight excluding hydrogens is 392 g/mol. The molecule has 0 radical (unpaired) electrons. The van der Waals surface area contributed by atoms with Crippen molar-refractivity contribution in [1.29, 1.82) is 0 Å². The summed E-state index contributed by atoms with van der Waals surface area (Å²) < 4.78 is 10.9. The van der Waals surface area contributed by atoms with Crippen LogP contribution in [0.5, 0.6) is 11.5 Å². The monoisotopic (exact) mass is 418 g/mol. The Morgan fingerprint density at radius 2 is 1.79 bits per heavy atom. The van der Waals surface area contributed by atoms with E-state index in [1.807, 2.05) is 24.3 Å². The second kappa shape index (κ2) is 9.65. The molecule has 2 amide bonds. The summed E-state index contributed by atoms with van der Waals surface area (Å²) in [6, 6.07) is 12.5. The number of nitrogens with one attached hydrogen (secondary N) is 1. The van der Waals surface area contributed by atoms with Crippen molar-refractivity contribution in [3.05, 3.63) is 53.1 Å². The molecule has 7 heteroatoms. The van der Waals surface area contributed by atoms with Crippen LogP contribution in [-0.4, -0.2) is 44.0 Å². The molecule has 0 saturated heterocycles. The Hall–Kier alpha value is -2.73. The molecular formula is C22H27ClN2O4. The van der Waals surface area contributed by atoms with Crippen molar-refractivity contribution < 1.29 is 19.1 Å². The van der Waals surface area contributed by atoms with E-state index in [9.17, 15) is 9.59 Å². The second-order valence-electron chi connectivity index (χ2n) is 7.68. The molecule has 0 fully saturated rings. The maximum atomic E-state index is 12.4. The van der Waals surface area contributed by atoms with Crippen LogP contribution in [0, 0.1) is 0 Å². The molecule has 0 atom stereocenters. The molecule has 0 saturated carbocycles. The molecule has 1 N–H and O–H groups in total. The first-order valence-electron chi connectivity index (χ1n) is 9.21. The van der Waals surface area contributed by atoms with Gasteiger partial charge in [0.05, 0.1) is 19.3 Å². The zero-order valence-electron chi connectivity index (χ0n) is 17.4. The zero-order valence-corrected chi connectivity index (χ0v) is 18.2. The summed E-state index contributed by atoms with van der Waals surface area (Å²) in [7, 11) is 3.05. The van der Waals surface area contributed by atoms with E-state index in [1.54, 1.807) is 25.2 Å². The van der Waals surface area contributed by atoms with E-state index in [-0.39, 0.29) is 30.4 Å². The van der Waals surface area contributed by atoms with Crippen LogP contribution in [0.1, 0.15) is 26.3 Å². The summed E-state index contributed by atoms with van der Waals surface area (Å²) in [4.78, 5) is 26.1. The second-order valence-corrected chi connectivity index (χ2v) is 8.11. The van der Waals surface area contributed by atoms with E-state index in [2.05, 4.69) is 26.1 Å². The van der Waals surface area contributed by atoms with Gasteiger partial charge in [-0.05, 0) is 35.2 Å². The van der Waals surface area contributed by atoms with Gasteiger partial charge in [0, 0.05) is 12.1 Å². The Kier molecular flexibility index (Phi) is 7.51. The fraction of sp³-hybridized carbons (Fsp3) is 0.364.